The van der Waals surface area contributed by atoms with Crippen LogP contribution in [0.25, 0.3) is 21.8 Å². The molecule has 1 aromatic heterocycles. The third-order valence-electron chi connectivity index (χ3n) is 2.61. The van der Waals surface area contributed by atoms with Crippen molar-refractivity contribution in [3.8, 4) is 0 Å². The average Bonchev–Trinajstić information content (AvgIpc) is 2.83. The van der Waals surface area contributed by atoms with Gasteiger partial charge in [-0.1, -0.05) is 45.1 Å². The van der Waals surface area contributed by atoms with E-state index in [9.17, 15) is 16.8 Å². The second-order valence-electron chi connectivity index (χ2n) is 4.21. The lowest BCUT2D eigenvalue weighted by molar-refractivity contribution is -0.105. The first-order chi connectivity index (χ1) is 10.7. The highest BCUT2D eigenvalue weighted by Crippen LogP contribution is 2.24. The molecule has 0 aliphatic heterocycles. The minimum atomic E-state index is -5.02. The van der Waals surface area contributed by atoms with Crippen LogP contribution in [0, 0.1) is 0 Å². The fraction of sp³-hybridized carbons (Fsp3) is 0. The first kappa shape index (κ1) is 17.3. The molecule has 9 nitrogen and oxygen atoms in total. The summed E-state index contributed by atoms with van der Waals surface area (Å²) in [4.78, 5) is 3.38. The molecule has 1 heterocycles. The van der Waals surface area contributed by atoms with Gasteiger partial charge >= 0.3 is 20.8 Å². The van der Waals surface area contributed by atoms with Crippen LogP contribution in [-0.4, -0.2) is 30.9 Å². The summed E-state index contributed by atoms with van der Waals surface area (Å²) < 4.78 is 58.9. The smallest absolute Gasteiger partial charge is 0.355 e. The molecule has 0 atom stereocenters. The topological polar surface area (TPSA) is 143 Å². The van der Waals surface area contributed by atoms with Gasteiger partial charge in [-0.15, -0.1) is 0 Å². The number of para-hydroxylation sites is 2. The van der Waals surface area contributed by atoms with Crippen LogP contribution in [0.3, 0.4) is 0 Å². The Balaban J connectivity index is 0.000000175. The van der Waals surface area contributed by atoms with E-state index in [0.29, 0.717) is 0 Å². The van der Waals surface area contributed by atoms with Gasteiger partial charge in [0.2, 0.25) is 0 Å². The van der Waals surface area contributed by atoms with E-state index < -0.39 is 20.8 Å². The summed E-state index contributed by atoms with van der Waals surface area (Å²) in [7, 11) is -10.0. The average molecular weight is 361 g/mol. The monoisotopic (exact) mass is 361 g/mol. The number of hydrogen-bond donors (Lipinski definition) is 3. The second-order valence-corrected chi connectivity index (χ2v) is 6.19. The van der Waals surface area contributed by atoms with Crippen molar-refractivity contribution in [2.75, 3.05) is 0 Å². The Labute approximate surface area is 131 Å². The summed E-state index contributed by atoms with van der Waals surface area (Å²) >= 11 is 0. The number of H-pyrrole nitrogens is 1. The van der Waals surface area contributed by atoms with E-state index in [1.165, 1.54) is 21.8 Å². The van der Waals surface area contributed by atoms with Crippen molar-refractivity contribution < 1.29 is 34.6 Å². The Kier molecular flexibility index (Phi) is 4.99. The van der Waals surface area contributed by atoms with Crippen molar-refractivity contribution in [2.24, 2.45) is 0 Å². The Hall–Kier alpha value is -2.02. The van der Waals surface area contributed by atoms with Crippen LogP contribution in [0.4, 0.5) is 0 Å². The van der Waals surface area contributed by atoms with Crippen LogP contribution >= 0.6 is 0 Å². The highest BCUT2D eigenvalue weighted by Gasteiger charge is 2.13. The van der Waals surface area contributed by atoms with Gasteiger partial charge in [0.15, 0.2) is 0 Å². The van der Waals surface area contributed by atoms with Crippen molar-refractivity contribution >= 4 is 42.6 Å². The number of hydrogen-bond acceptors (Lipinski definition) is 6. The van der Waals surface area contributed by atoms with E-state index >= 15 is 0 Å². The molecule has 0 saturated carbocycles. The van der Waals surface area contributed by atoms with E-state index in [2.05, 4.69) is 62.2 Å². The minimum Gasteiger partial charge on any atom is -0.355 e. The molecule has 11 heteroatoms. The number of benzene rings is 2. The molecular formula is C12H11NO8S2. The quantitative estimate of drug-likeness (QED) is 0.364. The Morgan fingerprint density at radius 1 is 0.696 bits per heavy atom. The lowest BCUT2D eigenvalue weighted by Gasteiger charge is -1.92. The van der Waals surface area contributed by atoms with Gasteiger partial charge in [0.05, 0.1) is 0 Å². The van der Waals surface area contributed by atoms with Crippen molar-refractivity contribution in [1.82, 2.24) is 4.98 Å². The van der Waals surface area contributed by atoms with Gasteiger partial charge in [-0.2, -0.15) is 16.8 Å². The predicted molar refractivity (Wildman–Crippen MR) is 81.1 cm³/mol. The highest BCUT2D eigenvalue weighted by atomic mass is 32.3. The highest BCUT2D eigenvalue weighted by molar-refractivity contribution is 7.83. The van der Waals surface area contributed by atoms with Crippen molar-refractivity contribution in [2.45, 2.75) is 0 Å². The summed E-state index contributed by atoms with van der Waals surface area (Å²) in [6, 6.07) is 16.8. The molecule has 0 unspecified atom stereocenters. The number of aromatic nitrogens is 1. The van der Waals surface area contributed by atoms with Crippen molar-refractivity contribution in [1.29, 1.82) is 0 Å². The Morgan fingerprint density at radius 2 is 1.04 bits per heavy atom. The SMILES string of the molecule is O=S(=O)(O)OOS(=O)(=O)O.c1ccc2c(c1)[nH]c1ccccc12. The second kappa shape index (κ2) is 6.62. The van der Waals surface area contributed by atoms with Crippen LogP contribution in [0.5, 0.6) is 0 Å². The number of fused-ring (bicyclic) bond motifs is 3. The first-order valence-corrected chi connectivity index (χ1v) is 8.67. The van der Waals surface area contributed by atoms with E-state index in [1.807, 2.05) is 0 Å². The summed E-state index contributed by atoms with van der Waals surface area (Å²) in [5, 5.41) is 2.61. The molecule has 0 amide bonds. The molecule has 0 radical (unpaired) electrons. The van der Waals surface area contributed by atoms with Crippen molar-refractivity contribution in [3.05, 3.63) is 48.5 Å². The Morgan fingerprint density at radius 3 is 1.39 bits per heavy atom. The number of aromatic amines is 1. The van der Waals surface area contributed by atoms with Gasteiger partial charge in [-0.3, -0.25) is 9.11 Å². The van der Waals surface area contributed by atoms with Crippen molar-refractivity contribution in [3.63, 3.8) is 0 Å². The molecule has 3 rings (SSSR count). The standard InChI is InChI=1S/C12H9N.H2O8S2/c1-3-7-11-9(5-1)10-6-2-4-8-12(10)13-11;1-9(2,3)7-8-10(4,5)6/h1-8,13H;(H,1,2,3)(H,4,5,6). The van der Waals surface area contributed by atoms with Gasteiger partial charge in [0, 0.05) is 21.8 Å². The summed E-state index contributed by atoms with van der Waals surface area (Å²) in [6.07, 6.45) is 0. The Bertz CT molecular complexity index is 941. The molecule has 0 saturated heterocycles. The molecule has 0 fully saturated rings. The van der Waals surface area contributed by atoms with Crippen LogP contribution in [-0.2, 0) is 29.5 Å². The van der Waals surface area contributed by atoms with Crippen LogP contribution in [0.1, 0.15) is 0 Å². The molecule has 2 aromatic carbocycles. The zero-order valence-corrected chi connectivity index (χ0v) is 12.9. The molecule has 3 aromatic rings. The molecule has 3 N–H and O–H groups in total. The lowest BCUT2D eigenvalue weighted by Crippen LogP contribution is -2.10. The zero-order chi connectivity index (χ0) is 17.1. The van der Waals surface area contributed by atoms with Crippen LogP contribution < -0.4 is 0 Å². The maximum atomic E-state index is 9.51. The largest absolute Gasteiger partial charge is 0.425 e. The summed E-state index contributed by atoms with van der Waals surface area (Å²) in [6.45, 7) is 0. The summed E-state index contributed by atoms with van der Waals surface area (Å²) in [5.74, 6) is 0. The first-order valence-electron chi connectivity index (χ1n) is 5.94. The fourth-order valence-corrected chi connectivity index (χ4v) is 2.43. The zero-order valence-electron chi connectivity index (χ0n) is 11.3. The molecule has 124 valence electrons. The van der Waals surface area contributed by atoms with Gasteiger partial charge in [0.1, 0.15) is 0 Å². The number of nitrogens with one attached hydrogen (secondary N) is 1. The third-order valence-corrected chi connectivity index (χ3v) is 3.18. The minimum absolute atomic E-state index is 1.21. The summed E-state index contributed by atoms with van der Waals surface area (Å²) in [5.41, 5.74) is 2.42. The van der Waals surface area contributed by atoms with Crippen LogP contribution in [0.15, 0.2) is 48.5 Å². The van der Waals surface area contributed by atoms with E-state index in [1.54, 1.807) is 0 Å². The van der Waals surface area contributed by atoms with Gasteiger partial charge < -0.3 is 4.98 Å². The molecule has 23 heavy (non-hydrogen) atoms. The maximum Gasteiger partial charge on any atom is 0.425 e. The molecular weight excluding hydrogens is 350 g/mol. The van der Waals surface area contributed by atoms with Gasteiger partial charge in [-0.25, -0.2) is 0 Å². The van der Waals surface area contributed by atoms with Crippen LogP contribution in [0.2, 0.25) is 0 Å². The van der Waals surface area contributed by atoms with E-state index in [-0.39, 0.29) is 0 Å². The lowest BCUT2D eigenvalue weighted by atomic mass is 10.2. The molecule has 0 aliphatic carbocycles. The van der Waals surface area contributed by atoms with Gasteiger partial charge in [-0.05, 0) is 12.1 Å². The molecule has 0 spiro atoms. The van der Waals surface area contributed by atoms with E-state index in [4.69, 9.17) is 9.11 Å². The maximum absolute atomic E-state index is 9.51. The third kappa shape index (κ3) is 5.28. The fourth-order valence-electron chi connectivity index (χ4n) is 1.87. The van der Waals surface area contributed by atoms with E-state index in [0.717, 1.165) is 0 Å². The molecule has 0 bridgehead atoms. The predicted octanol–water partition coefficient (Wildman–Crippen LogP) is 1.86. The normalized spacial score (nSPS) is 12.1. The number of rotatable bonds is 3. The molecule has 0 aliphatic rings. The van der Waals surface area contributed by atoms with Gasteiger partial charge in [0.25, 0.3) is 0 Å².